The fourth-order valence-electron chi connectivity index (χ4n) is 1.51. The molecule has 2 heterocycles. The predicted octanol–water partition coefficient (Wildman–Crippen LogP) is 0.474. The van der Waals surface area contributed by atoms with Crippen LogP contribution in [0.25, 0.3) is 0 Å². The third-order valence-corrected chi connectivity index (χ3v) is 2.16. The normalized spacial score (nSPS) is 23.2. The van der Waals surface area contributed by atoms with E-state index in [1.165, 1.54) is 6.42 Å². The highest BCUT2D eigenvalue weighted by Crippen LogP contribution is 2.15. The van der Waals surface area contributed by atoms with Crippen LogP contribution in [0.4, 0.5) is 0 Å². The van der Waals surface area contributed by atoms with E-state index in [4.69, 9.17) is 9.15 Å². The SMILES string of the molecule is O=c1[nH]nc(CC2CCCCO2)o1. The number of rotatable bonds is 2. The average Bonchev–Trinajstić information content (AvgIpc) is 2.53. The van der Waals surface area contributed by atoms with Crippen LogP contribution in [0.1, 0.15) is 25.2 Å². The molecular formula is C8H12N2O3. The van der Waals surface area contributed by atoms with E-state index in [1.807, 2.05) is 0 Å². The molecule has 0 saturated carbocycles. The van der Waals surface area contributed by atoms with Crippen molar-refractivity contribution in [2.45, 2.75) is 31.8 Å². The number of nitrogens with one attached hydrogen (secondary N) is 1. The van der Waals surface area contributed by atoms with Crippen LogP contribution < -0.4 is 5.76 Å². The molecule has 5 heteroatoms. The number of nitrogens with zero attached hydrogens (tertiary/aromatic N) is 1. The van der Waals surface area contributed by atoms with Crippen molar-refractivity contribution in [3.8, 4) is 0 Å². The minimum Gasteiger partial charge on any atom is -0.392 e. The van der Waals surface area contributed by atoms with E-state index in [-0.39, 0.29) is 6.10 Å². The summed E-state index contributed by atoms with van der Waals surface area (Å²) in [7, 11) is 0. The third-order valence-electron chi connectivity index (χ3n) is 2.16. The highest BCUT2D eigenvalue weighted by atomic mass is 16.5. The van der Waals surface area contributed by atoms with Crippen LogP contribution in [0, 0.1) is 0 Å². The lowest BCUT2D eigenvalue weighted by Crippen LogP contribution is -2.21. The van der Waals surface area contributed by atoms with Gasteiger partial charge in [0.2, 0.25) is 5.89 Å². The summed E-state index contributed by atoms with van der Waals surface area (Å²) in [6, 6.07) is 0. The van der Waals surface area contributed by atoms with Gasteiger partial charge in [0.1, 0.15) is 0 Å². The van der Waals surface area contributed by atoms with Gasteiger partial charge in [0.15, 0.2) is 0 Å². The third kappa shape index (κ3) is 2.18. The standard InChI is InChI=1S/C8H12N2O3/c11-8-10-9-7(13-8)5-6-3-1-2-4-12-6/h6H,1-5H2,(H,10,11). The van der Waals surface area contributed by atoms with Crippen molar-refractivity contribution < 1.29 is 9.15 Å². The molecule has 2 rings (SSSR count). The zero-order valence-electron chi connectivity index (χ0n) is 7.28. The maximum Gasteiger partial charge on any atom is 0.434 e. The Morgan fingerprint density at radius 2 is 2.46 bits per heavy atom. The molecule has 72 valence electrons. The Morgan fingerprint density at radius 1 is 1.54 bits per heavy atom. The molecule has 0 radical (unpaired) electrons. The second-order valence-electron chi connectivity index (χ2n) is 3.20. The molecule has 1 aliphatic heterocycles. The molecule has 1 saturated heterocycles. The molecule has 0 aliphatic carbocycles. The van der Waals surface area contributed by atoms with E-state index >= 15 is 0 Å². The molecule has 1 aromatic heterocycles. The van der Waals surface area contributed by atoms with Crippen LogP contribution >= 0.6 is 0 Å². The summed E-state index contributed by atoms with van der Waals surface area (Å²) in [5.41, 5.74) is 0. The van der Waals surface area contributed by atoms with Gasteiger partial charge in [-0.3, -0.25) is 0 Å². The summed E-state index contributed by atoms with van der Waals surface area (Å²) in [4.78, 5) is 10.6. The predicted molar refractivity (Wildman–Crippen MR) is 44.4 cm³/mol. The van der Waals surface area contributed by atoms with Gasteiger partial charge in [-0.05, 0) is 19.3 Å². The van der Waals surface area contributed by atoms with E-state index in [9.17, 15) is 4.79 Å². The largest absolute Gasteiger partial charge is 0.434 e. The Balaban J connectivity index is 1.93. The molecule has 13 heavy (non-hydrogen) atoms. The van der Waals surface area contributed by atoms with Crippen molar-refractivity contribution in [2.24, 2.45) is 0 Å². The summed E-state index contributed by atoms with van der Waals surface area (Å²) in [5.74, 6) is -0.0530. The Kier molecular flexibility index (Phi) is 2.44. The van der Waals surface area contributed by atoms with Gasteiger partial charge in [-0.25, -0.2) is 9.89 Å². The number of ether oxygens (including phenoxy) is 1. The molecular weight excluding hydrogens is 172 g/mol. The molecule has 1 aromatic rings. The van der Waals surface area contributed by atoms with Crippen molar-refractivity contribution in [1.82, 2.24) is 10.2 Å². The van der Waals surface area contributed by atoms with E-state index in [2.05, 4.69) is 10.2 Å². The molecule has 0 bridgehead atoms. The number of hydrogen-bond donors (Lipinski definition) is 1. The van der Waals surface area contributed by atoms with Crippen LogP contribution in [-0.2, 0) is 11.2 Å². The second-order valence-corrected chi connectivity index (χ2v) is 3.20. The maximum absolute atomic E-state index is 10.6. The Labute approximate surface area is 75.1 Å². The molecule has 1 atom stereocenters. The van der Waals surface area contributed by atoms with Crippen LogP contribution in [0.15, 0.2) is 9.21 Å². The highest BCUT2D eigenvalue weighted by molar-refractivity contribution is 4.79. The second kappa shape index (κ2) is 3.74. The number of hydrogen-bond acceptors (Lipinski definition) is 4. The smallest absolute Gasteiger partial charge is 0.392 e. The van der Waals surface area contributed by atoms with Gasteiger partial charge in [0.25, 0.3) is 0 Å². The van der Waals surface area contributed by atoms with Gasteiger partial charge in [-0.15, -0.1) is 5.10 Å². The maximum atomic E-state index is 10.6. The Bertz CT molecular complexity index is 311. The molecule has 0 amide bonds. The van der Waals surface area contributed by atoms with Crippen LogP contribution in [0.3, 0.4) is 0 Å². The lowest BCUT2D eigenvalue weighted by molar-refractivity contribution is 0.0130. The molecule has 1 N–H and O–H groups in total. The summed E-state index contributed by atoms with van der Waals surface area (Å²) in [6.07, 6.45) is 4.09. The first-order valence-corrected chi connectivity index (χ1v) is 4.50. The van der Waals surface area contributed by atoms with Gasteiger partial charge in [-0.2, -0.15) is 0 Å². The first-order chi connectivity index (χ1) is 6.34. The zero-order valence-corrected chi connectivity index (χ0v) is 7.28. The van der Waals surface area contributed by atoms with Crippen molar-refractivity contribution in [2.75, 3.05) is 6.61 Å². The number of aromatic amines is 1. The molecule has 1 fully saturated rings. The minimum atomic E-state index is -0.495. The van der Waals surface area contributed by atoms with Crippen molar-refractivity contribution in [1.29, 1.82) is 0 Å². The van der Waals surface area contributed by atoms with Crippen LogP contribution in [0.5, 0.6) is 0 Å². The summed E-state index contributed by atoms with van der Waals surface area (Å²) in [6.45, 7) is 0.805. The summed E-state index contributed by atoms with van der Waals surface area (Å²) >= 11 is 0. The Hall–Kier alpha value is -1.10. The van der Waals surface area contributed by atoms with Gasteiger partial charge >= 0.3 is 5.76 Å². The molecule has 1 aliphatic rings. The van der Waals surface area contributed by atoms with Crippen LogP contribution in [0.2, 0.25) is 0 Å². The van der Waals surface area contributed by atoms with Gasteiger partial charge in [0, 0.05) is 6.61 Å². The van der Waals surface area contributed by atoms with Gasteiger partial charge in [0.05, 0.1) is 12.5 Å². The van der Waals surface area contributed by atoms with E-state index in [0.29, 0.717) is 12.3 Å². The van der Waals surface area contributed by atoms with Gasteiger partial charge in [-0.1, -0.05) is 0 Å². The van der Waals surface area contributed by atoms with E-state index in [0.717, 1.165) is 19.4 Å². The lowest BCUT2D eigenvalue weighted by Gasteiger charge is -2.20. The first kappa shape index (κ1) is 8.50. The topological polar surface area (TPSA) is 68.1 Å². The average molecular weight is 184 g/mol. The molecule has 0 spiro atoms. The minimum absolute atomic E-state index is 0.167. The quantitative estimate of drug-likeness (QED) is 0.725. The fourth-order valence-corrected chi connectivity index (χ4v) is 1.51. The van der Waals surface area contributed by atoms with Crippen molar-refractivity contribution >= 4 is 0 Å². The monoisotopic (exact) mass is 184 g/mol. The van der Waals surface area contributed by atoms with Gasteiger partial charge < -0.3 is 9.15 Å². The number of aromatic nitrogens is 2. The van der Waals surface area contributed by atoms with Crippen LogP contribution in [-0.4, -0.2) is 22.9 Å². The first-order valence-electron chi connectivity index (χ1n) is 4.50. The Morgan fingerprint density at radius 3 is 3.08 bits per heavy atom. The lowest BCUT2D eigenvalue weighted by atomic mass is 10.1. The molecule has 0 aromatic carbocycles. The summed E-state index contributed by atoms with van der Waals surface area (Å²) in [5, 5.41) is 5.96. The zero-order chi connectivity index (χ0) is 9.10. The van der Waals surface area contributed by atoms with E-state index in [1.54, 1.807) is 0 Å². The molecule has 1 unspecified atom stereocenters. The van der Waals surface area contributed by atoms with E-state index < -0.39 is 5.76 Å². The number of H-pyrrole nitrogens is 1. The highest BCUT2D eigenvalue weighted by Gasteiger charge is 2.16. The fraction of sp³-hybridized carbons (Fsp3) is 0.750. The van der Waals surface area contributed by atoms with Crippen molar-refractivity contribution in [3.05, 3.63) is 16.4 Å². The van der Waals surface area contributed by atoms with Crippen molar-refractivity contribution in [3.63, 3.8) is 0 Å². The summed E-state index contributed by atoms with van der Waals surface area (Å²) < 4.78 is 10.3. The molecule has 5 nitrogen and oxygen atoms in total.